The lowest BCUT2D eigenvalue weighted by molar-refractivity contribution is -0.122. The van der Waals surface area contributed by atoms with Gasteiger partial charge in [-0.1, -0.05) is 12.1 Å². The van der Waals surface area contributed by atoms with Crippen LogP contribution in [0.4, 0.5) is 0 Å². The van der Waals surface area contributed by atoms with Crippen molar-refractivity contribution in [3.63, 3.8) is 0 Å². The van der Waals surface area contributed by atoms with Crippen molar-refractivity contribution < 1.29 is 14.7 Å². The van der Waals surface area contributed by atoms with Crippen LogP contribution in [0.25, 0.3) is 21.5 Å². The first-order valence-corrected chi connectivity index (χ1v) is 11.1. The van der Waals surface area contributed by atoms with E-state index in [4.69, 9.17) is 9.90 Å². The lowest BCUT2D eigenvalue weighted by atomic mass is 10.1. The Hall–Kier alpha value is -3.59. The van der Waals surface area contributed by atoms with Crippen LogP contribution in [-0.2, 0) is 11.8 Å². The Balaban J connectivity index is 0.000000775. The van der Waals surface area contributed by atoms with E-state index in [1.165, 1.54) is 0 Å². The molecular formula is C23H23N5O3S. The van der Waals surface area contributed by atoms with Crippen LogP contribution in [0.5, 0.6) is 0 Å². The number of carbonyl (C=O) groups excluding carboxylic acids is 1. The number of rotatable bonds is 5. The van der Waals surface area contributed by atoms with Crippen molar-refractivity contribution in [3.05, 3.63) is 65.3 Å². The molecule has 2 N–H and O–H groups in total. The van der Waals surface area contributed by atoms with Gasteiger partial charge in [0.15, 0.2) is 0 Å². The average molecular weight is 450 g/mol. The molecule has 3 heterocycles. The second kappa shape index (κ2) is 9.27. The number of carboxylic acid groups (broad SMARTS) is 1. The third kappa shape index (κ3) is 4.52. The van der Waals surface area contributed by atoms with Crippen molar-refractivity contribution in [2.75, 3.05) is 0 Å². The van der Waals surface area contributed by atoms with Gasteiger partial charge >= 0.3 is 0 Å². The number of aryl methyl sites for hydroxylation is 2. The first-order valence-electron chi connectivity index (χ1n) is 10.2. The van der Waals surface area contributed by atoms with Gasteiger partial charge in [-0.3, -0.25) is 9.59 Å². The van der Waals surface area contributed by atoms with Gasteiger partial charge in [0.05, 0.1) is 22.0 Å². The molecule has 1 atom stereocenters. The van der Waals surface area contributed by atoms with Gasteiger partial charge in [-0.15, -0.1) is 11.3 Å². The molecule has 8 nitrogen and oxygen atoms in total. The first-order chi connectivity index (χ1) is 15.5. The third-order valence-corrected chi connectivity index (χ3v) is 6.26. The van der Waals surface area contributed by atoms with Crippen LogP contribution < -0.4 is 5.32 Å². The average Bonchev–Trinajstić information content (AvgIpc) is 3.37. The smallest absolute Gasteiger partial charge is 0.290 e. The maximum absolute atomic E-state index is 12.9. The lowest BCUT2D eigenvalue weighted by Crippen LogP contribution is -2.31. The number of fused-ring (bicyclic) bond motifs is 1. The molecule has 1 saturated carbocycles. The number of nitrogens with one attached hydrogen (secondary N) is 1. The molecule has 1 aromatic carbocycles. The molecule has 32 heavy (non-hydrogen) atoms. The second-order valence-electron chi connectivity index (χ2n) is 7.62. The number of carbonyl (C=O) groups is 2. The van der Waals surface area contributed by atoms with Gasteiger partial charge in [0.25, 0.3) is 12.4 Å². The highest BCUT2D eigenvalue weighted by atomic mass is 32.1. The summed E-state index contributed by atoms with van der Waals surface area (Å²) in [5.41, 5.74) is 3.50. The summed E-state index contributed by atoms with van der Waals surface area (Å²) in [5, 5.41) is 12.1. The van der Waals surface area contributed by atoms with E-state index in [0.717, 1.165) is 46.0 Å². The molecule has 4 aromatic rings. The fourth-order valence-corrected chi connectivity index (χ4v) is 4.52. The zero-order chi connectivity index (χ0) is 22.7. The summed E-state index contributed by atoms with van der Waals surface area (Å²) in [6.07, 6.45) is 5.95. The quantitative estimate of drug-likeness (QED) is 0.446. The summed E-state index contributed by atoms with van der Waals surface area (Å²) in [6, 6.07) is 9.62. The monoisotopic (exact) mass is 449 g/mol. The van der Waals surface area contributed by atoms with E-state index in [0.29, 0.717) is 11.5 Å². The van der Waals surface area contributed by atoms with Crippen LogP contribution in [0.15, 0.2) is 48.1 Å². The summed E-state index contributed by atoms with van der Waals surface area (Å²) >= 11 is 1.63. The van der Waals surface area contributed by atoms with Crippen molar-refractivity contribution in [2.45, 2.75) is 25.8 Å². The number of hydrogen-bond acceptors (Lipinski definition) is 6. The molecule has 5 rings (SSSR count). The normalized spacial score (nSPS) is 13.8. The van der Waals surface area contributed by atoms with Crippen LogP contribution in [-0.4, -0.2) is 37.0 Å². The maximum Gasteiger partial charge on any atom is 0.290 e. The van der Waals surface area contributed by atoms with Gasteiger partial charge in [0.2, 0.25) is 0 Å². The largest absolute Gasteiger partial charge is 0.483 e. The van der Waals surface area contributed by atoms with Crippen LogP contribution >= 0.6 is 11.3 Å². The van der Waals surface area contributed by atoms with Gasteiger partial charge in [0, 0.05) is 30.6 Å². The van der Waals surface area contributed by atoms with E-state index < -0.39 is 0 Å². The molecular weight excluding hydrogens is 426 g/mol. The zero-order valence-corrected chi connectivity index (χ0v) is 18.5. The topological polar surface area (TPSA) is 110 Å². The second-order valence-corrected chi connectivity index (χ2v) is 8.54. The summed E-state index contributed by atoms with van der Waals surface area (Å²) in [4.78, 5) is 34.8. The number of aromatic nitrogens is 4. The molecule has 1 aliphatic rings. The van der Waals surface area contributed by atoms with Gasteiger partial charge in [-0.25, -0.2) is 15.0 Å². The van der Waals surface area contributed by atoms with Gasteiger partial charge in [0.1, 0.15) is 11.6 Å². The number of imidazole rings is 1. The molecule has 9 heteroatoms. The molecule has 1 fully saturated rings. The van der Waals surface area contributed by atoms with E-state index in [1.54, 1.807) is 17.5 Å². The van der Waals surface area contributed by atoms with E-state index in [9.17, 15) is 4.79 Å². The van der Waals surface area contributed by atoms with Crippen LogP contribution in [0.1, 0.15) is 40.9 Å². The predicted molar refractivity (Wildman–Crippen MR) is 122 cm³/mol. The Bertz CT molecular complexity index is 1240. The molecule has 3 aromatic heterocycles. The fraction of sp³-hybridized carbons (Fsp3) is 0.261. The molecule has 1 aliphatic carbocycles. The summed E-state index contributed by atoms with van der Waals surface area (Å²) < 4.78 is 3.05. The van der Waals surface area contributed by atoms with Gasteiger partial charge < -0.3 is 15.0 Å². The van der Waals surface area contributed by atoms with Crippen molar-refractivity contribution >= 4 is 33.9 Å². The molecule has 1 unspecified atom stereocenters. The molecule has 0 radical (unpaired) electrons. The van der Waals surface area contributed by atoms with Crippen LogP contribution in [0, 0.1) is 12.8 Å². The van der Waals surface area contributed by atoms with E-state index >= 15 is 0 Å². The highest BCUT2D eigenvalue weighted by Crippen LogP contribution is 2.40. The van der Waals surface area contributed by atoms with E-state index in [2.05, 4.69) is 20.3 Å². The molecule has 164 valence electrons. The van der Waals surface area contributed by atoms with Crippen LogP contribution in [0.3, 0.4) is 0 Å². The summed E-state index contributed by atoms with van der Waals surface area (Å²) in [5.74, 6) is 2.05. The Morgan fingerprint density at radius 1 is 1.25 bits per heavy atom. The van der Waals surface area contributed by atoms with Gasteiger partial charge in [-0.05, 0) is 49.3 Å². The lowest BCUT2D eigenvalue weighted by Gasteiger charge is -2.18. The number of nitrogens with zero attached hydrogens (tertiary/aromatic N) is 4. The Morgan fingerprint density at radius 2 is 1.97 bits per heavy atom. The van der Waals surface area contributed by atoms with Crippen molar-refractivity contribution in [3.8, 4) is 11.3 Å². The fourth-order valence-electron chi connectivity index (χ4n) is 3.68. The third-order valence-electron chi connectivity index (χ3n) is 5.35. The Morgan fingerprint density at radius 3 is 2.59 bits per heavy atom. The minimum absolute atomic E-state index is 0.0440. The minimum Gasteiger partial charge on any atom is -0.483 e. The summed E-state index contributed by atoms with van der Waals surface area (Å²) in [7, 11) is 1.97. The van der Waals surface area contributed by atoms with Crippen molar-refractivity contribution in [1.29, 1.82) is 0 Å². The first kappa shape index (κ1) is 21.6. The summed E-state index contributed by atoms with van der Waals surface area (Å²) in [6.45, 7) is 1.65. The molecule has 0 spiro atoms. The Labute approximate surface area is 189 Å². The molecule has 0 saturated heterocycles. The van der Waals surface area contributed by atoms with Crippen molar-refractivity contribution in [2.24, 2.45) is 13.0 Å². The van der Waals surface area contributed by atoms with Gasteiger partial charge in [-0.2, -0.15) is 0 Å². The Kier molecular flexibility index (Phi) is 6.27. The zero-order valence-electron chi connectivity index (χ0n) is 17.7. The highest BCUT2D eigenvalue weighted by Gasteiger charge is 2.35. The molecule has 0 aliphatic heterocycles. The maximum atomic E-state index is 12.9. The minimum atomic E-state index is -0.250. The predicted octanol–water partition coefficient (Wildman–Crippen LogP) is 3.98. The van der Waals surface area contributed by atoms with Crippen LogP contribution in [0.2, 0.25) is 0 Å². The number of thiophene rings is 1. The highest BCUT2D eigenvalue weighted by molar-refractivity contribution is 7.17. The molecule has 1 amide bonds. The van der Waals surface area contributed by atoms with E-state index in [1.807, 2.05) is 60.4 Å². The number of amides is 1. The number of hydrogen-bond donors (Lipinski definition) is 2. The number of benzene rings is 1. The SMILES string of the molecule is Cc1nc(-c2ccc(C(=O)NC(c3nccn3C)C3CC3)cc2)c2sccc2n1.O=CO. The standard InChI is InChI=1S/C22H21N5OS.CH2O2/c1-13-24-17-9-12-29-20(17)18(25-13)14-5-7-16(8-6-14)22(28)26-19(15-3-4-15)21-23-10-11-27(21)2;2-1-3/h5-12,15,19H,3-4H2,1-2H3,(H,26,28);1H,(H,2,3). The van der Waals surface area contributed by atoms with E-state index in [-0.39, 0.29) is 18.4 Å². The molecule has 0 bridgehead atoms. The van der Waals surface area contributed by atoms with Crippen molar-refractivity contribution in [1.82, 2.24) is 24.8 Å².